The van der Waals surface area contributed by atoms with Gasteiger partial charge in [0.05, 0.1) is 12.0 Å². The number of ether oxygens (including phenoxy) is 1. The second-order valence-electron chi connectivity index (χ2n) is 5.39. The van der Waals surface area contributed by atoms with Gasteiger partial charge in [-0.05, 0) is 29.8 Å². The lowest BCUT2D eigenvalue weighted by Crippen LogP contribution is -2.24. The summed E-state index contributed by atoms with van der Waals surface area (Å²) in [6, 6.07) is 8.46. The van der Waals surface area contributed by atoms with Gasteiger partial charge in [0.15, 0.2) is 5.82 Å². The van der Waals surface area contributed by atoms with Crippen LogP contribution in [-0.2, 0) is 16.6 Å². The summed E-state index contributed by atoms with van der Waals surface area (Å²) in [6.45, 7) is -0.0367. The maximum absolute atomic E-state index is 12.6. The molecule has 11 heteroatoms. The topological polar surface area (TPSA) is 129 Å². The lowest BCUT2D eigenvalue weighted by Gasteiger charge is -2.11. The molecule has 10 nitrogen and oxygen atoms in total. The minimum Gasteiger partial charge on any atom is -0.495 e. The third-order valence-corrected chi connectivity index (χ3v) is 5.09. The highest BCUT2D eigenvalue weighted by Crippen LogP contribution is 2.28. The smallest absolute Gasteiger partial charge is 0.271 e. The normalized spacial score (nSPS) is 11.3. The summed E-state index contributed by atoms with van der Waals surface area (Å²) in [5, 5.41) is 15.0. The molecule has 1 N–H and O–H groups in total. The molecule has 3 aromatic rings. The number of hydrogen-bond acceptors (Lipinski definition) is 7. The van der Waals surface area contributed by atoms with Crippen LogP contribution in [-0.4, -0.2) is 35.2 Å². The van der Waals surface area contributed by atoms with Gasteiger partial charge in [-0.3, -0.25) is 10.1 Å². The number of nitrogens with one attached hydrogen (secondary N) is 1. The predicted octanol–water partition coefficient (Wildman–Crippen LogP) is 1.66. The van der Waals surface area contributed by atoms with E-state index >= 15 is 0 Å². The van der Waals surface area contributed by atoms with Crippen molar-refractivity contribution in [1.82, 2.24) is 19.5 Å². The van der Waals surface area contributed by atoms with Crippen LogP contribution in [0, 0.1) is 10.1 Å². The molecule has 140 valence electrons. The van der Waals surface area contributed by atoms with E-state index in [4.69, 9.17) is 4.74 Å². The number of pyridine rings is 1. The van der Waals surface area contributed by atoms with Crippen molar-refractivity contribution in [2.75, 3.05) is 7.11 Å². The summed E-state index contributed by atoms with van der Waals surface area (Å²) in [4.78, 5) is 14.1. The van der Waals surface area contributed by atoms with Crippen LogP contribution in [0.4, 0.5) is 5.69 Å². The number of sulfonamides is 1. The first-order chi connectivity index (χ1) is 12.9. The summed E-state index contributed by atoms with van der Waals surface area (Å²) in [5.41, 5.74) is 0.296. The van der Waals surface area contributed by atoms with Crippen LogP contribution in [0.1, 0.15) is 5.56 Å². The second kappa shape index (κ2) is 7.51. The Labute approximate surface area is 154 Å². The monoisotopic (exact) mass is 389 g/mol. The van der Waals surface area contributed by atoms with Crippen molar-refractivity contribution in [2.24, 2.45) is 0 Å². The molecule has 27 heavy (non-hydrogen) atoms. The molecule has 0 bridgehead atoms. The minimum atomic E-state index is -4.05. The standard InChI is InChI=1S/C16H15N5O5S/c1-26-14-4-3-13(21(22)23)10-15(14)27(24,25)19-11-12-5-7-17-16(9-12)20-8-2-6-18-20/h2-10,19H,11H2,1H3. The van der Waals surface area contributed by atoms with Crippen LogP contribution in [0.2, 0.25) is 0 Å². The van der Waals surface area contributed by atoms with Gasteiger partial charge < -0.3 is 4.74 Å². The van der Waals surface area contributed by atoms with Crippen molar-refractivity contribution < 1.29 is 18.1 Å². The van der Waals surface area contributed by atoms with Gasteiger partial charge in [-0.2, -0.15) is 5.10 Å². The Morgan fingerprint density at radius 1 is 1.26 bits per heavy atom. The number of methoxy groups -OCH3 is 1. The fourth-order valence-electron chi connectivity index (χ4n) is 2.35. The molecule has 0 saturated heterocycles. The third kappa shape index (κ3) is 4.10. The zero-order chi connectivity index (χ0) is 19.4. The van der Waals surface area contributed by atoms with Gasteiger partial charge in [-0.15, -0.1) is 0 Å². The van der Waals surface area contributed by atoms with Gasteiger partial charge in [0, 0.05) is 37.3 Å². The van der Waals surface area contributed by atoms with E-state index in [0.717, 1.165) is 6.07 Å². The molecule has 3 rings (SSSR count). The van der Waals surface area contributed by atoms with Gasteiger partial charge in [0.1, 0.15) is 10.6 Å². The Kier molecular flexibility index (Phi) is 5.14. The molecule has 1 aromatic carbocycles. The van der Waals surface area contributed by atoms with Crippen LogP contribution in [0.5, 0.6) is 5.75 Å². The Morgan fingerprint density at radius 2 is 2.07 bits per heavy atom. The zero-order valence-electron chi connectivity index (χ0n) is 14.1. The zero-order valence-corrected chi connectivity index (χ0v) is 15.0. The molecule has 2 aromatic heterocycles. The minimum absolute atomic E-state index is 0.0139. The van der Waals surface area contributed by atoms with Gasteiger partial charge in [0.2, 0.25) is 10.0 Å². The Morgan fingerprint density at radius 3 is 2.74 bits per heavy atom. The number of benzene rings is 1. The SMILES string of the molecule is COc1ccc([N+](=O)[O-])cc1S(=O)(=O)NCc1ccnc(-n2cccn2)c1. The number of non-ortho nitro benzene ring substituents is 1. The van der Waals surface area contributed by atoms with E-state index in [-0.39, 0.29) is 22.9 Å². The fraction of sp³-hybridized carbons (Fsp3) is 0.125. The number of nitro benzene ring substituents is 1. The van der Waals surface area contributed by atoms with Crippen molar-refractivity contribution in [2.45, 2.75) is 11.4 Å². The Bertz CT molecular complexity index is 1070. The molecule has 0 atom stereocenters. The number of nitro groups is 1. The van der Waals surface area contributed by atoms with E-state index in [2.05, 4.69) is 14.8 Å². The van der Waals surface area contributed by atoms with Crippen LogP contribution < -0.4 is 9.46 Å². The van der Waals surface area contributed by atoms with E-state index in [1.807, 2.05) is 0 Å². The van der Waals surface area contributed by atoms with E-state index in [1.165, 1.54) is 25.4 Å². The maximum atomic E-state index is 12.6. The molecule has 0 aliphatic heterocycles. The van der Waals surface area contributed by atoms with Gasteiger partial charge in [0.25, 0.3) is 5.69 Å². The number of nitrogens with zero attached hydrogens (tertiary/aromatic N) is 4. The molecule has 0 amide bonds. The largest absolute Gasteiger partial charge is 0.495 e. The first-order valence-electron chi connectivity index (χ1n) is 7.68. The summed E-state index contributed by atoms with van der Waals surface area (Å²) in [7, 11) is -2.76. The van der Waals surface area contributed by atoms with Crippen molar-refractivity contribution >= 4 is 15.7 Å². The highest BCUT2D eigenvalue weighted by atomic mass is 32.2. The van der Waals surface area contributed by atoms with Crippen molar-refractivity contribution in [3.63, 3.8) is 0 Å². The van der Waals surface area contributed by atoms with Crippen LogP contribution in [0.15, 0.2) is 59.9 Å². The van der Waals surface area contributed by atoms with Gasteiger partial charge in [-0.25, -0.2) is 22.8 Å². The number of aromatic nitrogens is 3. The average Bonchev–Trinajstić information content (AvgIpc) is 3.21. The summed E-state index contributed by atoms with van der Waals surface area (Å²) < 4.78 is 34.2. The molecule has 0 unspecified atom stereocenters. The van der Waals surface area contributed by atoms with Gasteiger partial charge >= 0.3 is 0 Å². The van der Waals surface area contributed by atoms with Crippen LogP contribution in [0.25, 0.3) is 5.82 Å². The summed E-state index contributed by atoms with van der Waals surface area (Å²) in [5.74, 6) is 0.546. The highest BCUT2D eigenvalue weighted by Gasteiger charge is 2.23. The Balaban J connectivity index is 1.85. The van der Waals surface area contributed by atoms with Crippen molar-refractivity contribution in [3.8, 4) is 11.6 Å². The van der Waals surface area contributed by atoms with Crippen LogP contribution >= 0.6 is 0 Å². The van der Waals surface area contributed by atoms with Crippen LogP contribution in [0.3, 0.4) is 0 Å². The quantitative estimate of drug-likeness (QED) is 0.480. The number of hydrogen-bond donors (Lipinski definition) is 1. The predicted molar refractivity (Wildman–Crippen MR) is 95.0 cm³/mol. The van der Waals surface area contributed by atoms with E-state index in [9.17, 15) is 18.5 Å². The molecule has 0 aliphatic carbocycles. The van der Waals surface area contributed by atoms with E-state index in [0.29, 0.717) is 11.4 Å². The molecule has 0 saturated carbocycles. The maximum Gasteiger partial charge on any atom is 0.271 e. The summed E-state index contributed by atoms with van der Waals surface area (Å²) >= 11 is 0. The fourth-order valence-corrected chi connectivity index (χ4v) is 3.55. The first kappa shape index (κ1) is 18.5. The third-order valence-electron chi connectivity index (χ3n) is 3.66. The van der Waals surface area contributed by atoms with Crippen molar-refractivity contribution in [1.29, 1.82) is 0 Å². The lowest BCUT2D eigenvalue weighted by atomic mass is 10.2. The first-order valence-corrected chi connectivity index (χ1v) is 9.16. The highest BCUT2D eigenvalue weighted by molar-refractivity contribution is 7.89. The molecular weight excluding hydrogens is 374 g/mol. The van der Waals surface area contributed by atoms with Crippen molar-refractivity contribution in [3.05, 3.63) is 70.7 Å². The van der Waals surface area contributed by atoms with E-state index < -0.39 is 14.9 Å². The number of rotatable bonds is 7. The molecule has 0 radical (unpaired) electrons. The van der Waals surface area contributed by atoms with Gasteiger partial charge in [-0.1, -0.05) is 0 Å². The molecule has 0 spiro atoms. The molecular formula is C16H15N5O5S. The second-order valence-corrected chi connectivity index (χ2v) is 7.13. The molecule has 2 heterocycles. The van der Waals surface area contributed by atoms with E-state index in [1.54, 1.807) is 35.3 Å². The Hall–Kier alpha value is -3.31. The average molecular weight is 389 g/mol. The molecule has 0 fully saturated rings. The lowest BCUT2D eigenvalue weighted by molar-refractivity contribution is -0.385. The summed E-state index contributed by atoms with van der Waals surface area (Å²) in [6.07, 6.45) is 4.85. The molecule has 0 aliphatic rings.